The summed E-state index contributed by atoms with van der Waals surface area (Å²) in [7, 11) is 0. The van der Waals surface area contributed by atoms with E-state index < -0.39 is 6.09 Å². The average molecular weight is 359 g/mol. The quantitative estimate of drug-likeness (QED) is 0.656. The summed E-state index contributed by atoms with van der Waals surface area (Å²) in [5.41, 5.74) is 1.91. The number of rotatable bonds is 4. The van der Waals surface area contributed by atoms with E-state index >= 15 is 0 Å². The van der Waals surface area contributed by atoms with Crippen molar-refractivity contribution in [3.05, 3.63) is 107 Å². The van der Waals surface area contributed by atoms with Gasteiger partial charge in [0.15, 0.2) is 5.76 Å². The van der Waals surface area contributed by atoms with Crippen molar-refractivity contribution in [2.45, 2.75) is 10.9 Å². The van der Waals surface area contributed by atoms with E-state index in [2.05, 4.69) is 17.4 Å². The maximum atomic E-state index is 12.3. The van der Waals surface area contributed by atoms with E-state index in [-0.39, 0.29) is 6.04 Å². The molecule has 0 saturated carbocycles. The zero-order valence-corrected chi connectivity index (χ0v) is 14.8. The minimum absolute atomic E-state index is 0.252. The second kappa shape index (κ2) is 7.50. The van der Waals surface area contributed by atoms with Gasteiger partial charge < -0.3 is 10.1 Å². The van der Waals surface area contributed by atoms with Crippen LogP contribution in [0.3, 0.4) is 0 Å². The Bertz CT molecular complexity index is 924. The van der Waals surface area contributed by atoms with E-state index in [4.69, 9.17) is 4.74 Å². The van der Waals surface area contributed by atoms with Gasteiger partial charge in [-0.3, -0.25) is 0 Å². The van der Waals surface area contributed by atoms with Gasteiger partial charge in [0.25, 0.3) is 0 Å². The lowest BCUT2D eigenvalue weighted by Gasteiger charge is -2.29. The first-order chi connectivity index (χ1) is 12.8. The first-order valence-corrected chi connectivity index (χ1v) is 9.19. The van der Waals surface area contributed by atoms with Crippen molar-refractivity contribution in [1.82, 2.24) is 5.32 Å². The minimum atomic E-state index is -0.435. The number of amides is 1. The van der Waals surface area contributed by atoms with E-state index in [1.807, 2.05) is 78.9 Å². The topological polar surface area (TPSA) is 38.3 Å². The first-order valence-electron chi connectivity index (χ1n) is 8.37. The molecule has 0 radical (unpaired) electrons. The Morgan fingerprint density at radius 1 is 0.769 bits per heavy atom. The van der Waals surface area contributed by atoms with Crippen molar-refractivity contribution < 1.29 is 9.53 Å². The number of thioether (sulfide) groups is 1. The van der Waals surface area contributed by atoms with Crippen LogP contribution in [0.5, 0.6) is 0 Å². The van der Waals surface area contributed by atoms with Crippen LogP contribution >= 0.6 is 11.8 Å². The molecule has 3 nitrogen and oxygen atoms in total. The largest absolute Gasteiger partial charge is 0.413 e. The number of hydrogen-bond donors (Lipinski definition) is 1. The molecule has 0 unspecified atom stereocenters. The maximum Gasteiger partial charge on any atom is 0.413 e. The Balaban J connectivity index is 1.85. The standard InChI is InChI=1S/C22H17NO2S/c24-22-23-19(16-10-4-1-5-11-16)21(26-18-14-8-3-9-15-18)20(25-22)17-12-6-2-7-13-17/h1-15,19H,(H,23,24)/t19-/m0/s1. The summed E-state index contributed by atoms with van der Waals surface area (Å²) in [6, 6.07) is 29.6. The molecule has 128 valence electrons. The van der Waals surface area contributed by atoms with Crippen LogP contribution in [0.15, 0.2) is 101 Å². The van der Waals surface area contributed by atoms with Crippen LogP contribution in [0.25, 0.3) is 5.76 Å². The van der Waals surface area contributed by atoms with Crippen molar-refractivity contribution in [3.8, 4) is 0 Å². The number of cyclic esters (lactones) is 1. The highest BCUT2D eigenvalue weighted by Crippen LogP contribution is 2.43. The van der Waals surface area contributed by atoms with Gasteiger partial charge in [-0.2, -0.15) is 0 Å². The normalized spacial score (nSPS) is 16.8. The number of carbonyl (C=O) groups excluding carboxylic acids is 1. The molecule has 0 fully saturated rings. The maximum absolute atomic E-state index is 12.3. The Labute approximate surface area is 156 Å². The van der Waals surface area contributed by atoms with Gasteiger partial charge in [-0.05, 0) is 17.7 Å². The van der Waals surface area contributed by atoms with Gasteiger partial charge in [0.1, 0.15) is 0 Å². The average Bonchev–Trinajstić information content (AvgIpc) is 2.71. The molecular weight excluding hydrogens is 342 g/mol. The second-order valence-electron chi connectivity index (χ2n) is 5.85. The molecule has 0 aromatic heterocycles. The Kier molecular flexibility index (Phi) is 4.75. The molecule has 1 aliphatic heterocycles. The highest BCUT2D eigenvalue weighted by molar-refractivity contribution is 8.03. The zero-order valence-electron chi connectivity index (χ0n) is 14.0. The number of benzene rings is 3. The van der Waals surface area contributed by atoms with Crippen molar-refractivity contribution >= 4 is 23.6 Å². The summed E-state index contributed by atoms with van der Waals surface area (Å²) in [4.78, 5) is 14.3. The van der Waals surface area contributed by atoms with E-state index in [0.29, 0.717) is 5.76 Å². The van der Waals surface area contributed by atoms with Crippen molar-refractivity contribution in [3.63, 3.8) is 0 Å². The number of alkyl carbamates (subject to hydrolysis) is 1. The van der Waals surface area contributed by atoms with E-state index in [0.717, 1.165) is 20.9 Å². The lowest BCUT2D eigenvalue weighted by Crippen LogP contribution is -2.34. The van der Waals surface area contributed by atoms with Crippen LogP contribution in [0, 0.1) is 0 Å². The van der Waals surface area contributed by atoms with E-state index in [1.54, 1.807) is 11.8 Å². The monoisotopic (exact) mass is 359 g/mol. The molecule has 1 aliphatic rings. The third kappa shape index (κ3) is 3.51. The molecule has 1 atom stereocenters. The van der Waals surface area contributed by atoms with E-state index in [9.17, 15) is 4.79 Å². The summed E-state index contributed by atoms with van der Waals surface area (Å²) in [6.45, 7) is 0. The summed E-state index contributed by atoms with van der Waals surface area (Å²) in [5.74, 6) is 0.608. The van der Waals surface area contributed by atoms with Gasteiger partial charge in [-0.15, -0.1) is 0 Å². The van der Waals surface area contributed by atoms with Crippen molar-refractivity contribution in [2.24, 2.45) is 0 Å². The third-order valence-electron chi connectivity index (χ3n) is 4.08. The molecule has 0 saturated heterocycles. The number of hydrogen-bond acceptors (Lipinski definition) is 3. The predicted molar refractivity (Wildman–Crippen MR) is 104 cm³/mol. The highest BCUT2D eigenvalue weighted by Gasteiger charge is 2.31. The molecule has 1 amide bonds. The van der Waals surface area contributed by atoms with Crippen LogP contribution in [0.2, 0.25) is 0 Å². The van der Waals surface area contributed by atoms with Gasteiger partial charge in [0, 0.05) is 10.5 Å². The minimum Gasteiger partial charge on any atom is -0.409 e. The zero-order chi connectivity index (χ0) is 17.8. The second-order valence-corrected chi connectivity index (χ2v) is 6.97. The van der Waals surface area contributed by atoms with Crippen LogP contribution in [-0.4, -0.2) is 6.09 Å². The number of carbonyl (C=O) groups is 1. The lowest BCUT2D eigenvalue weighted by atomic mass is 10.0. The Hall–Kier alpha value is -2.98. The summed E-state index contributed by atoms with van der Waals surface area (Å²) < 4.78 is 5.62. The third-order valence-corrected chi connectivity index (χ3v) is 5.23. The number of nitrogens with one attached hydrogen (secondary N) is 1. The fraction of sp³-hybridized carbons (Fsp3) is 0.0455. The molecule has 26 heavy (non-hydrogen) atoms. The molecule has 0 bridgehead atoms. The smallest absolute Gasteiger partial charge is 0.409 e. The van der Waals surface area contributed by atoms with Gasteiger partial charge in [0.2, 0.25) is 0 Å². The molecule has 0 spiro atoms. The Morgan fingerprint density at radius 3 is 2.00 bits per heavy atom. The summed E-state index contributed by atoms with van der Waals surface area (Å²) in [6.07, 6.45) is -0.435. The van der Waals surface area contributed by atoms with Gasteiger partial charge in [-0.25, -0.2) is 4.79 Å². The van der Waals surface area contributed by atoms with Crippen LogP contribution in [0.1, 0.15) is 17.2 Å². The van der Waals surface area contributed by atoms with Crippen LogP contribution in [0.4, 0.5) is 4.79 Å². The molecule has 3 aromatic rings. The first kappa shape index (κ1) is 16.5. The number of ether oxygens (including phenoxy) is 1. The predicted octanol–water partition coefficient (Wildman–Crippen LogP) is 5.63. The fourth-order valence-corrected chi connectivity index (χ4v) is 3.99. The summed E-state index contributed by atoms with van der Waals surface area (Å²) in [5, 5.41) is 2.96. The lowest BCUT2D eigenvalue weighted by molar-refractivity contribution is 0.184. The van der Waals surface area contributed by atoms with Crippen molar-refractivity contribution in [1.29, 1.82) is 0 Å². The Morgan fingerprint density at radius 2 is 1.35 bits per heavy atom. The fourth-order valence-electron chi connectivity index (χ4n) is 2.88. The van der Waals surface area contributed by atoms with Crippen LogP contribution in [-0.2, 0) is 4.74 Å². The summed E-state index contributed by atoms with van der Waals surface area (Å²) >= 11 is 1.61. The highest BCUT2D eigenvalue weighted by atomic mass is 32.2. The molecule has 1 heterocycles. The molecule has 4 heteroatoms. The van der Waals surface area contributed by atoms with Gasteiger partial charge in [-0.1, -0.05) is 90.6 Å². The van der Waals surface area contributed by atoms with E-state index in [1.165, 1.54) is 0 Å². The van der Waals surface area contributed by atoms with Gasteiger partial charge >= 0.3 is 6.09 Å². The molecule has 1 N–H and O–H groups in total. The molecule has 0 aliphatic carbocycles. The van der Waals surface area contributed by atoms with Crippen molar-refractivity contribution in [2.75, 3.05) is 0 Å². The molecular formula is C22H17NO2S. The SMILES string of the molecule is O=C1N[C@@H](c2ccccc2)C(Sc2ccccc2)=C(c2ccccc2)O1. The molecule has 4 rings (SSSR count). The molecule has 3 aromatic carbocycles. The van der Waals surface area contributed by atoms with Crippen LogP contribution < -0.4 is 5.32 Å². The van der Waals surface area contributed by atoms with Gasteiger partial charge in [0.05, 0.1) is 10.9 Å².